The van der Waals surface area contributed by atoms with Crippen LogP contribution < -0.4 is 0 Å². The first-order valence-electron chi connectivity index (χ1n) is 47.2. The number of halogens is 10. The average Bonchev–Trinajstić information content (AvgIpc) is 1.74. The van der Waals surface area contributed by atoms with Crippen LogP contribution in [0.1, 0.15) is 358 Å². The molecule has 0 aliphatic heterocycles. The molecule has 0 bridgehead atoms. The third kappa shape index (κ3) is 30.4. The largest absolute Gasteiger partial charge is 0.0620 e. The van der Waals surface area contributed by atoms with Gasteiger partial charge in [0.2, 0.25) is 0 Å². The maximum atomic E-state index is 5.04. The molecule has 0 amide bonds. The fraction of sp³-hybridized carbons (Fsp3) is 0.679. The normalized spacial score (nSPS) is 33.3. The van der Waals surface area contributed by atoms with Crippen LogP contribution >= 0.6 is 85.1 Å². The molecular weight excluding hydrogens is 1990 g/mol. The molecule has 0 radical (unpaired) electrons. The van der Waals surface area contributed by atoms with Crippen LogP contribution in [0.4, 0.5) is 0 Å². The van der Waals surface area contributed by atoms with E-state index < -0.39 is 78.0 Å². The summed E-state index contributed by atoms with van der Waals surface area (Å²) in [6.07, 6.45) is 79.4. The van der Waals surface area contributed by atoms with Crippen LogP contribution in [0, 0.1) is 157 Å². The second-order valence-corrected chi connectivity index (χ2v) is 72.8. The van der Waals surface area contributed by atoms with E-state index >= 15 is 0 Å². The van der Waals surface area contributed by atoms with Gasteiger partial charge in [0, 0.05) is 0 Å². The van der Waals surface area contributed by atoms with Gasteiger partial charge in [-0.3, -0.25) is 0 Å². The molecule has 15 saturated carbocycles. The van der Waals surface area contributed by atoms with Gasteiger partial charge in [-0.2, -0.15) is 0 Å². The van der Waals surface area contributed by atoms with Crippen LogP contribution in [0.3, 0.4) is 0 Å². The van der Waals surface area contributed by atoms with Crippen LogP contribution in [-0.4, -0.2) is 0 Å². The molecule has 0 aromatic heterocycles. The molecule has 0 spiro atoms. The first-order chi connectivity index (χ1) is 55.8. The number of hydrogen-bond donors (Lipinski definition) is 0. The molecule has 120 heavy (non-hydrogen) atoms. The first-order valence-corrected chi connectivity index (χ1v) is 78.9. The molecule has 4 aromatic carbocycles. The van der Waals surface area contributed by atoms with Crippen LogP contribution in [0.5, 0.6) is 0 Å². The molecule has 0 nitrogen and oxygen atoms in total. The molecule has 0 heterocycles. The Hall–Kier alpha value is 2.79. The molecule has 0 saturated heterocycles. The monoisotopic (exact) mass is 2140 g/mol. The van der Waals surface area contributed by atoms with Crippen molar-refractivity contribution < 1.29 is 78.0 Å². The van der Waals surface area contributed by atoms with E-state index in [4.69, 9.17) is 85.1 Å². The Morgan fingerprint density at radius 3 is 0.800 bits per heavy atom. The quantitative estimate of drug-likeness (QED) is 0.124. The average molecular weight is 2150 g/mol. The van der Waals surface area contributed by atoms with Crippen molar-refractivity contribution in [2.24, 2.45) is 112 Å². The SMILES string of the molecule is C1=CC2CCCCC2=C1c1ccccc1CC1CCC2CCCCC21.[CH3-].[CH3-].[CH3-].[CH3-].[CH3-].[CH3-].[Cl][Zr+2][Cl].[Cl][Zr+2][Cl].[Cl][Zr+2][Cl].[Cl][Zr]([Cl])([Cl])[Cl].c1ccc(C2CCC3CCCCC32)c(CC2CCC3CCCCC32)c1.c1ccc(C2CCC3CCCCC32)c(CC2CCC3CCCCC32)c1.c1ccc(C2CCC3CCCCC32)c(CC2CCC3CCCCC32)c1. The molecule has 22 unspecified atom stereocenters. The van der Waals surface area contributed by atoms with E-state index in [-0.39, 0.29) is 44.6 Å². The summed E-state index contributed by atoms with van der Waals surface area (Å²) in [5, 5.41) is 0. The fourth-order valence-corrected chi connectivity index (χ4v) is 29.3. The molecule has 0 N–H and O–H groups in total. The second-order valence-electron chi connectivity index (χ2n) is 39.2. The Balaban J connectivity index is 0.000000206. The maximum absolute atomic E-state index is 5.04. The van der Waals surface area contributed by atoms with Gasteiger partial charge in [0.1, 0.15) is 0 Å². The van der Waals surface area contributed by atoms with Crippen LogP contribution in [-0.2, 0) is 104 Å². The van der Waals surface area contributed by atoms with Crippen molar-refractivity contribution >= 4 is 90.7 Å². The number of benzene rings is 4. The topological polar surface area (TPSA) is 0 Å². The summed E-state index contributed by atoms with van der Waals surface area (Å²) < 4.78 is 0. The third-order valence-electron chi connectivity index (χ3n) is 34.0. The van der Waals surface area contributed by atoms with Crippen molar-refractivity contribution in [1.29, 1.82) is 0 Å². The standard InChI is InChI=1S/3C25H36.C25H32.6CH3.10ClH.4Zr/c4*1-4-10-22-18(7-1)13-14-21(22)17-20-9-3-6-12-24(20)25-16-15-19-8-2-5-11-23(19)25;;;;;;;;;;;;;;;;;;;;/h3*3,6,9,12,18-19,21-23,25H,1-2,4-5,7-8,10-11,13-17H2;3,6,9,12,15-16,18-19,21-22H,1-2,4-5,7-8,10-11,13-14,17H2;6*1H3;10*1H;;;;/q;;;;6*-1;;;;;;;;;;;4*+4/p-10. The zero-order valence-corrected chi connectivity index (χ0v) is 92.6. The molecule has 22 atom stereocenters. The predicted octanol–water partition coefficient (Wildman–Crippen LogP) is 37.9. The van der Waals surface area contributed by atoms with E-state index in [1.807, 2.05) is 0 Å². The molecule has 15 fully saturated rings. The van der Waals surface area contributed by atoms with Gasteiger partial charge in [0.05, 0.1) is 0 Å². The Kier molecular flexibility index (Phi) is 52.6. The minimum Gasteiger partial charge on any atom is -0.0620 e. The maximum Gasteiger partial charge on any atom is -0.0128 e. The summed E-state index contributed by atoms with van der Waals surface area (Å²) in [5.74, 6) is 22.1. The van der Waals surface area contributed by atoms with Crippen molar-refractivity contribution in [2.45, 2.75) is 339 Å². The van der Waals surface area contributed by atoms with Gasteiger partial charge in [-0.25, -0.2) is 0 Å². The molecule has 20 rings (SSSR count). The van der Waals surface area contributed by atoms with Gasteiger partial charge in [0.25, 0.3) is 0 Å². The van der Waals surface area contributed by atoms with E-state index in [9.17, 15) is 0 Å². The van der Waals surface area contributed by atoms with Gasteiger partial charge in [-0.05, 0) is 360 Å². The van der Waals surface area contributed by atoms with Crippen molar-refractivity contribution in [3.05, 3.63) is 204 Å². The zero-order valence-electron chi connectivity index (χ0n) is 75.2. The zero-order chi connectivity index (χ0) is 79.2. The summed E-state index contributed by atoms with van der Waals surface area (Å²) in [7, 11) is 49.7. The Bertz CT molecular complexity index is 3300. The Labute approximate surface area is 813 Å². The van der Waals surface area contributed by atoms with E-state index in [2.05, 4.69) is 109 Å². The molecule has 16 aliphatic carbocycles. The van der Waals surface area contributed by atoms with Crippen molar-refractivity contribution in [3.63, 3.8) is 0 Å². The van der Waals surface area contributed by atoms with E-state index in [0.717, 1.165) is 130 Å². The second kappa shape index (κ2) is 57.5. The van der Waals surface area contributed by atoms with Crippen molar-refractivity contribution in [1.82, 2.24) is 0 Å². The summed E-state index contributed by atoms with van der Waals surface area (Å²) in [4.78, 5) is 0. The third-order valence-corrected chi connectivity index (χ3v) is 34.0. The number of rotatable bonds is 12. The predicted molar refractivity (Wildman–Crippen MR) is 521 cm³/mol. The summed E-state index contributed by atoms with van der Waals surface area (Å²) in [6, 6.07) is 38.4. The van der Waals surface area contributed by atoms with Crippen LogP contribution in [0.25, 0.3) is 5.57 Å². The number of hydrogen-bond acceptors (Lipinski definition) is 0. The van der Waals surface area contributed by atoms with Gasteiger partial charge in [-0.1, -0.05) is 256 Å². The Morgan fingerprint density at radius 1 is 0.258 bits per heavy atom. The van der Waals surface area contributed by atoms with Crippen LogP contribution in [0.15, 0.2) is 115 Å². The van der Waals surface area contributed by atoms with E-state index in [1.54, 1.807) is 55.7 Å². The van der Waals surface area contributed by atoms with Gasteiger partial charge < -0.3 is 44.6 Å². The summed E-state index contributed by atoms with van der Waals surface area (Å²) in [6.45, 7) is 0. The minimum absolute atomic E-state index is 0. The number of allylic oxidation sites excluding steroid dienone is 4. The molecule has 14 heteroatoms. The summed E-state index contributed by atoms with van der Waals surface area (Å²) >= 11 is -5.77. The summed E-state index contributed by atoms with van der Waals surface area (Å²) in [5.41, 5.74) is 17.1. The molecular formula is C106H158Cl10Zr4. The molecule has 4 aromatic rings. The van der Waals surface area contributed by atoms with Crippen LogP contribution in [0.2, 0.25) is 0 Å². The van der Waals surface area contributed by atoms with E-state index in [0.29, 0.717) is 0 Å². The van der Waals surface area contributed by atoms with Gasteiger partial charge in [-0.15, -0.1) is 0 Å². The smallest absolute Gasteiger partial charge is 0.0128 e. The number of fused-ring (bicyclic) bond motifs is 8. The first kappa shape index (κ1) is 110. The van der Waals surface area contributed by atoms with Crippen molar-refractivity contribution in [2.75, 3.05) is 0 Å². The fourth-order valence-electron chi connectivity index (χ4n) is 29.3. The van der Waals surface area contributed by atoms with Crippen molar-refractivity contribution in [3.8, 4) is 0 Å². The Morgan fingerprint density at radius 2 is 0.492 bits per heavy atom. The molecule has 16 aliphatic rings. The van der Waals surface area contributed by atoms with Gasteiger partial charge >= 0.3 is 163 Å². The van der Waals surface area contributed by atoms with Gasteiger partial charge in [0.15, 0.2) is 0 Å². The minimum atomic E-state index is -3.29. The molecule has 668 valence electrons. The van der Waals surface area contributed by atoms with E-state index in [1.165, 1.54) is 321 Å².